The highest BCUT2D eigenvalue weighted by atomic mass is 16.2. The number of anilines is 2. The molecule has 7 nitrogen and oxygen atoms in total. The van der Waals surface area contributed by atoms with Crippen LogP contribution >= 0.6 is 0 Å². The molecule has 0 aliphatic rings. The SMILES string of the molecule is CN(C=O)c1c(N)n(C)c(=O)[nH]c1=O. The van der Waals surface area contributed by atoms with Crippen LogP contribution in [0.1, 0.15) is 0 Å². The van der Waals surface area contributed by atoms with Gasteiger partial charge in [0.2, 0.25) is 6.41 Å². The predicted octanol–water partition coefficient (Wildman–Crippen LogP) is -1.75. The molecule has 1 heterocycles. The monoisotopic (exact) mass is 198 g/mol. The highest BCUT2D eigenvalue weighted by molar-refractivity contribution is 5.79. The van der Waals surface area contributed by atoms with Crippen molar-refractivity contribution in [3.05, 3.63) is 20.8 Å². The van der Waals surface area contributed by atoms with Crippen LogP contribution in [0.15, 0.2) is 9.59 Å². The fourth-order valence-corrected chi connectivity index (χ4v) is 1.02. The molecule has 0 fully saturated rings. The third kappa shape index (κ3) is 1.39. The summed E-state index contributed by atoms with van der Waals surface area (Å²) in [6.07, 6.45) is 0.436. The van der Waals surface area contributed by atoms with Gasteiger partial charge < -0.3 is 10.6 Å². The molecule has 1 rings (SSSR count). The molecule has 0 bridgehead atoms. The number of H-pyrrole nitrogens is 1. The van der Waals surface area contributed by atoms with E-state index in [1.54, 1.807) is 0 Å². The molecule has 1 aromatic rings. The van der Waals surface area contributed by atoms with E-state index in [4.69, 9.17) is 5.73 Å². The summed E-state index contributed by atoms with van der Waals surface area (Å²) in [6, 6.07) is 0. The van der Waals surface area contributed by atoms with Gasteiger partial charge in [0.25, 0.3) is 5.56 Å². The molecule has 0 radical (unpaired) electrons. The van der Waals surface area contributed by atoms with Crippen LogP contribution in [0.2, 0.25) is 0 Å². The van der Waals surface area contributed by atoms with Gasteiger partial charge in [-0.15, -0.1) is 0 Å². The lowest BCUT2D eigenvalue weighted by molar-refractivity contribution is -0.107. The molecule has 0 aliphatic heterocycles. The molecule has 0 aromatic carbocycles. The molecule has 7 heteroatoms. The highest BCUT2D eigenvalue weighted by Crippen LogP contribution is 2.11. The Bertz CT molecular complexity index is 473. The van der Waals surface area contributed by atoms with Gasteiger partial charge in [-0.1, -0.05) is 0 Å². The second-order valence-electron chi connectivity index (χ2n) is 2.77. The average molecular weight is 198 g/mol. The third-order valence-corrected chi connectivity index (χ3v) is 1.85. The molecule has 1 aromatic heterocycles. The zero-order valence-electron chi connectivity index (χ0n) is 7.77. The number of amides is 1. The number of carbonyl (C=O) groups is 1. The Labute approximate surface area is 78.8 Å². The first-order chi connectivity index (χ1) is 6.49. The van der Waals surface area contributed by atoms with Crippen LogP contribution in [0.4, 0.5) is 11.5 Å². The first kappa shape index (κ1) is 10.0. The molecule has 1 amide bonds. The topological polar surface area (TPSA) is 101 Å². The first-order valence-electron chi connectivity index (χ1n) is 3.76. The number of rotatable bonds is 2. The standard InChI is InChI=1S/C7H10N4O3/c1-10(3-12)4-5(8)11(2)7(14)9-6(4)13/h3H,8H2,1-2H3,(H,9,13,14). The van der Waals surface area contributed by atoms with Crippen molar-refractivity contribution in [3.8, 4) is 0 Å². The van der Waals surface area contributed by atoms with Crippen molar-refractivity contribution in [2.45, 2.75) is 0 Å². The number of nitrogen functional groups attached to an aromatic ring is 1. The smallest absolute Gasteiger partial charge is 0.329 e. The maximum atomic E-state index is 11.3. The third-order valence-electron chi connectivity index (χ3n) is 1.85. The summed E-state index contributed by atoms with van der Waals surface area (Å²) in [7, 11) is 2.77. The van der Waals surface area contributed by atoms with Crippen molar-refractivity contribution in [2.75, 3.05) is 17.7 Å². The molecular weight excluding hydrogens is 188 g/mol. The van der Waals surface area contributed by atoms with Gasteiger partial charge >= 0.3 is 5.69 Å². The molecule has 76 valence electrons. The Balaban J connectivity index is 3.60. The van der Waals surface area contributed by atoms with Crippen LogP contribution in [-0.2, 0) is 11.8 Å². The summed E-state index contributed by atoms with van der Waals surface area (Å²) in [5.74, 6) is -0.0478. The van der Waals surface area contributed by atoms with Gasteiger partial charge in [-0.05, 0) is 0 Å². The van der Waals surface area contributed by atoms with Crippen molar-refractivity contribution in [3.63, 3.8) is 0 Å². The Kier molecular flexibility index (Phi) is 2.41. The van der Waals surface area contributed by atoms with Gasteiger partial charge in [0, 0.05) is 14.1 Å². The maximum absolute atomic E-state index is 11.3. The number of nitrogens with one attached hydrogen (secondary N) is 1. The minimum Gasteiger partial charge on any atom is -0.383 e. The minimum absolute atomic E-state index is 0.0397. The summed E-state index contributed by atoms with van der Waals surface area (Å²) in [4.78, 5) is 35.8. The molecule has 0 spiro atoms. The second-order valence-corrected chi connectivity index (χ2v) is 2.77. The van der Waals surface area contributed by atoms with E-state index >= 15 is 0 Å². The van der Waals surface area contributed by atoms with E-state index in [1.165, 1.54) is 14.1 Å². The average Bonchev–Trinajstić information content (AvgIpc) is 2.14. The summed E-state index contributed by atoms with van der Waals surface area (Å²) in [5.41, 5.74) is 4.17. The normalized spacial score (nSPS) is 9.86. The Morgan fingerprint density at radius 3 is 2.57 bits per heavy atom. The van der Waals surface area contributed by atoms with Gasteiger partial charge in [0.1, 0.15) is 5.82 Å². The summed E-state index contributed by atoms with van der Waals surface area (Å²) >= 11 is 0. The van der Waals surface area contributed by atoms with Gasteiger partial charge in [-0.25, -0.2) is 4.79 Å². The lowest BCUT2D eigenvalue weighted by Crippen LogP contribution is -2.35. The van der Waals surface area contributed by atoms with E-state index in [0.29, 0.717) is 6.41 Å². The van der Waals surface area contributed by atoms with Gasteiger partial charge in [-0.2, -0.15) is 0 Å². The second kappa shape index (κ2) is 3.36. The minimum atomic E-state index is -0.680. The lowest BCUT2D eigenvalue weighted by Gasteiger charge is -2.13. The quantitative estimate of drug-likeness (QED) is 0.550. The van der Waals surface area contributed by atoms with Crippen LogP contribution < -0.4 is 21.9 Å². The molecule has 14 heavy (non-hydrogen) atoms. The molecule has 3 N–H and O–H groups in total. The van der Waals surface area contributed by atoms with Crippen molar-refractivity contribution in [1.29, 1.82) is 0 Å². The number of carbonyl (C=O) groups excluding carboxylic acids is 1. The molecule has 0 aliphatic carbocycles. The molecule has 0 saturated carbocycles. The van der Waals surface area contributed by atoms with Crippen LogP contribution in [0, 0.1) is 0 Å². The van der Waals surface area contributed by atoms with Crippen LogP contribution in [0.3, 0.4) is 0 Å². The fraction of sp³-hybridized carbons (Fsp3) is 0.286. The summed E-state index contributed by atoms with van der Waals surface area (Å²) in [5, 5.41) is 0. The lowest BCUT2D eigenvalue weighted by atomic mass is 10.4. The number of nitrogens with zero attached hydrogens (tertiary/aromatic N) is 2. The summed E-state index contributed by atoms with van der Waals surface area (Å²) < 4.78 is 1.05. The number of hydrogen-bond acceptors (Lipinski definition) is 4. The Morgan fingerprint density at radius 1 is 1.50 bits per heavy atom. The highest BCUT2D eigenvalue weighted by Gasteiger charge is 2.13. The van der Waals surface area contributed by atoms with Crippen LogP contribution in [0.25, 0.3) is 0 Å². The van der Waals surface area contributed by atoms with E-state index in [2.05, 4.69) is 0 Å². The summed E-state index contributed by atoms with van der Waals surface area (Å²) in [6.45, 7) is 0. The Hall–Kier alpha value is -2.05. The van der Waals surface area contributed by atoms with E-state index in [-0.39, 0.29) is 11.5 Å². The predicted molar refractivity (Wildman–Crippen MR) is 51.2 cm³/mol. The molecule has 0 atom stereocenters. The van der Waals surface area contributed by atoms with Crippen molar-refractivity contribution in [2.24, 2.45) is 7.05 Å². The number of nitrogens with two attached hydrogens (primary N) is 1. The number of aromatic amines is 1. The van der Waals surface area contributed by atoms with E-state index in [9.17, 15) is 14.4 Å². The van der Waals surface area contributed by atoms with Gasteiger partial charge in [0.15, 0.2) is 5.69 Å². The number of hydrogen-bond donors (Lipinski definition) is 2. The Morgan fingerprint density at radius 2 is 2.07 bits per heavy atom. The zero-order chi connectivity index (χ0) is 10.9. The van der Waals surface area contributed by atoms with E-state index in [0.717, 1.165) is 9.47 Å². The van der Waals surface area contributed by atoms with Crippen molar-refractivity contribution < 1.29 is 4.79 Å². The first-order valence-corrected chi connectivity index (χ1v) is 3.76. The zero-order valence-corrected chi connectivity index (χ0v) is 7.77. The van der Waals surface area contributed by atoms with Crippen molar-refractivity contribution >= 4 is 17.9 Å². The molecular formula is C7H10N4O3. The maximum Gasteiger partial charge on any atom is 0.329 e. The van der Waals surface area contributed by atoms with E-state index in [1.807, 2.05) is 4.98 Å². The number of aromatic nitrogens is 2. The van der Waals surface area contributed by atoms with Gasteiger partial charge in [0.05, 0.1) is 0 Å². The van der Waals surface area contributed by atoms with Crippen LogP contribution in [0.5, 0.6) is 0 Å². The van der Waals surface area contributed by atoms with Gasteiger partial charge in [-0.3, -0.25) is 19.1 Å². The van der Waals surface area contributed by atoms with Crippen LogP contribution in [-0.4, -0.2) is 23.0 Å². The van der Waals surface area contributed by atoms with Crippen molar-refractivity contribution in [1.82, 2.24) is 9.55 Å². The molecule has 0 unspecified atom stereocenters. The largest absolute Gasteiger partial charge is 0.383 e. The molecule has 0 saturated heterocycles. The fourth-order valence-electron chi connectivity index (χ4n) is 1.02. The van der Waals surface area contributed by atoms with E-state index < -0.39 is 11.2 Å².